The van der Waals surface area contributed by atoms with Gasteiger partial charge in [-0.05, 0) is 62.6 Å². The lowest BCUT2D eigenvalue weighted by atomic mass is 10.0. The number of nitrogens with one attached hydrogen (secondary N) is 1. The van der Waals surface area contributed by atoms with Gasteiger partial charge in [-0.25, -0.2) is 33.2 Å². The quantitative estimate of drug-likeness (QED) is 0.240. The van der Waals surface area contributed by atoms with Crippen LogP contribution in [0.2, 0.25) is 0 Å². The van der Waals surface area contributed by atoms with Gasteiger partial charge in [0.05, 0.1) is 30.3 Å². The maximum atomic E-state index is 15.1. The van der Waals surface area contributed by atoms with Crippen LogP contribution in [-0.2, 0) is 0 Å². The van der Waals surface area contributed by atoms with Gasteiger partial charge in [-0.2, -0.15) is 5.10 Å². The van der Waals surface area contributed by atoms with Crippen LogP contribution in [0.4, 0.5) is 20.3 Å². The maximum absolute atomic E-state index is 15.1. The Bertz CT molecular complexity index is 1790. The Balaban J connectivity index is 1.20. The van der Waals surface area contributed by atoms with Gasteiger partial charge in [-0.3, -0.25) is 0 Å². The van der Waals surface area contributed by atoms with Crippen molar-refractivity contribution in [3.8, 4) is 23.1 Å². The molecule has 0 spiro atoms. The molecule has 222 valence electrons. The number of alkyl halides is 2. The minimum absolute atomic E-state index is 0.121. The van der Waals surface area contributed by atoms with Gasteiger partial charge in [0.25, 0.3) is 11.8 Å². The number of nitrogens with zero attached hydrogens (tertiary/aromatic N) is 7. The van der Waals surface area contributed by atoms with Crippen LogP contribution in [0.25, 0.3) is 16.6 Å². The fourth-order valence-corrected chi connectivity index (χ4v) is 5.14. The molecule has 11 nitrogen and oxygen atoms in total. The predicted molar refractivity (Wildman–Crippen MR) is 155 cm³/mol. The van der Waals surface area contributed by atoms with Crippen LogP contribution < -0.4 is 19.5 Å². The first-order valence-corrected chi connectivity index (χ1v) is 14.2. The summed E-state index contributed by atoms with van der Waals surface area (Å²) in [6.07, 6.45) is 7.17. The van der Waals surface area contributed by atoms with E-state index >= 15 is 8.78 Å². The van der Waals surface area contributed by atoms with Gasteiger partial charge in [0.15, 0.2) is 17.5 Å². The molecule has 1 N–H and O–H groups in total. The molecule has 0 unspecified atom stereocenters. The van der Waals surface area contributed by atoms with Gasteiger partial charge in [-0.1, -0.05) is 0 Å². The van der Waals surface area contributed by atoms with E-state index in [0.29, 0.717) is 58.6 Å². The van der Waals surface area contributed by atoms with Gasteiger partial charge in [0.2, 0.25) is 0 Å². The highest BCUT2D eigenvalue weighted by Gasteiger charge is 2.46. The highest BCUT2D eigenvalue weighted by atomic mass is 19.3. The molecule has 1 saturated carbocycles. The van der Waals surface area contributed by atoms with Crippen molar-refractivity contribution in [3.05, 3.63) is 60.9 Å². The molecule has 1 atom stereocenters. The number of benzene rings is 1. The van der Waals surface area contributed by atoms with E-state index in [1.54, 1.807) is 34.9 Å². The van der Waals surface area contributed by atoms with Crippen molar-refractivity contribution >= 4 is 28.1 Å². The molecule has 5 aromatic rings. The van der Waals surface area contributed by atoms with Crippen molar-refractivity contribution in [3.63, 3.8) is 0 Å². The zero-order chi connectivity index (χ0) is 29.6. The first kappa shape index (κ1) is 27.2. The second kappa shape index (κ2) is 10.9. The first-order valence-electron chi connectivity index (χ1n) is 14.2. The van der Waals surface area contributed by atoms with E-state index in [2.05, 4.69) is 30.4 Å². The summed E-state index contributed by atoms with van der Waals surface area (Å²) in [7, 11) is 1.68. The average Bonchev–Trinajstić information content (AvgIpc) is 3.69. The molecule has 5 heterocycles. The second-order valence-electron chi connectivity index (χ2n) is 11.2. The zero-order valence-electron chi connectivity index (χ0n) is 23.7. The third-order valence-corrected chi connectivity index (χ3v) is 7.66. The zero-order valence-corrected chi connectivity index (χ0v) is 23.7. The van der Waals surface area contributed by atoms with Gasteiger partial charge < -0.3 is 24.4 Å². The lowest BCUT2D eigenvalue weighted by Gasteiger charge is -2.36. The predicted octanol–water partition coefficient (Wildman–Crippen LogP) is 5.42. The molecule has 0 amide bonds. The number of ether oxygens (including phenoxy) is 3. The summed E-state index contributed by atoms with van der Waals surface area (Å²) in [5.74, 6) is -0.660. The topological polar surface area (TPSA) is 112 Å². The molecule has 0 radical (unpaired) electrons. The summed E-state index contributed by atoms with van der Waals surface area (Å²) in [5.41, 5.74) is 2.70. The summed E-state index contributed by atoms with van der Waals surface area (Å²) < 4.78 is 50.1. The molecule has 0 bridgehead atoms. The third kappa shape index (κ3) is 5.72. The number of aryl methyl sites for hydroxylation is 1. The number of pyridine rings is 2. The summed E-state index contributed by atoms with van der Waals surface area (Å²) in [6.45, 7) is 2.47. The first-order chi connectivity index (χ1) is 20.8. The Kier molecular flexibility index (Phi) is 6.88. The van der Waals surface area contributed by atoms with E-state index in [-0.39, 0.29) is 18.1 Å². The summed E-state index contributed by atoms with van der Waals surface area (Å²) in [5, 5.41) is 7.85. The molecule has 7 rings (SSSR count). The van der Waals surface area contributed by atoms with E-state index < -0.39 is 18.6 Å². The molecule has 4 aromatic heterocycles. The maximum Gasteiger partial charge on any atom is 0.296 e. The molecule has 1 aliphatic heterocycles. The second-order valence-corrected chi connectivity index (χ2v) is 11.2. The largest absolute Gasteiger partial charge is 0.478 e. The van der Waals surface area contributed by atoms with E-state index in [1.807, 2.05) is 31.2 Å². The molecule has 13 heteroatoms. The summed E-state index contributed by atoms with van der Waals surface area (Å²) in [6, 6.07) is 9.22. The minimum atomic E-state index is -3.06. The number of aromatic nitrogens is 6. The smallest absolute Gasteiger partial charge is 0.296 e. The Hall–Kier alpha value is -4.65. The Labute approximate surface area is 245 Å². The standard InChI is InChI=1S/C30H30F2N8O3/c1-18-11-20(5-6-23(18)42-21-7-10-40-25(12-21)35-17-37-40)38-28-26-22(34-16-36-28)13-33-29(41-14-19-3-4-19)27(26)43-24-8-9-39(2)15-30(24,31)32/h5-7,10-13,16-17,19,24H,3-4,8-9,14-15H2,1-2H3,(H,34,36,38)/t24-/m0/s1. The summed E-state index contributed by atoms with van der Waals surface area (Å²) in [4.78, 5) is 19.0. The summed E-state index contributed by atoms with van der Waals surface area (Å²) >= 11 is 0. The molecule has 43 heavy (non-hydrogen) atoms. The van der Waals surface area contributed by atoms with Crippen LogP contribution in [0.15, 0.2) is 55.4 Å². The van der Waals surface area contributed by atoms with Crippen LogP contribution in [-0.4, -0.2) is 73.2 Å². The highest BCUT2D eigenvalue weighted by molar-refractivity contribution is 5.96. The SMILES string of the molecule is Cc1cc(Nc2ncnc3cnc(OCC4CC4)c(O[C@H]4CCN(C)CC4(F)F)c23)ccc1Oc1ccn2ncnc2c1. The lowest BCUT2D eigenvalue weighted by Crippen LogP contribution is -2.52. The molecule has 1 saturated heterocycles. The molecule has 2 aliphatic rings. The van der Waals surface area contributed by atoms with E-state index in [9.17, 15) is 0 Å². The van der Waals surface area contributed by atoms with Crippen LogP contribution in [0.1, 0.15) is 24.8 Å². The van der Waals surface area contributed by atoms with Crippen molar-refractivity contribution in [1.29, 1.82) is 0 Å². The van der Waals surface area contributed by atoms with Crippen LogP contribution in [0.3, 0.4) is 0 Å². The number of rotatable bonds is 9. The fraction of sp³-hybridized carbons (Fsp3) is 0.367. The van der Waals surface area contributed by atoms with Crippen molar-refractivity contribution in [2.45, 2.75) is 38.2 Å². The Morgan fingerprint density at radius 2 is 1.93 bits per heavy atom. The van der Waals surface area contributed by atoms with Crippen molar-refractivity contribution in [2.24, 2.45) is 5.92 Å². The number of hydrogen-bond acceptors (Lipinski definition) is 10. The number of fused-ring (bicyclic) bond motifs is 2. The van der Waals surface area contributed by atoms with Crippen molar-refractivity contribution < 1.29 is 23.0 Å². The van der Waals surface area contributed by atoms with Crippen molar-refractivity contribution in [1.82, 2.24) is 34.4 Å². The molecular formula is C30H30F2N8O3. The molecule has 1 aliphatic carbocycles. The van der Waals surface area contributed by atoms with E-state index in [4.69, 9.17) is 14.2 Å². The highest BCUT2D eigenvalue weighted by Crippen LogP contribution is 2.42. The van der Waals surface area contributed by atoms with Crippen LogP contribution >= 0.6 is 0 Å². The van der Waals surface area contributed by atoms with Gasteiger partial charge >= 0.3 is 0 Å². The van der Waals surface area contributed by atoms with Gasteiger partial charge in [0, 0.05) is 30.9 Å². The Morgan fingerprint density at radius 3 is 2.74 bits per heavy atom. The van der Waals surface area contributed by atoms with Crippen LogP contribution in [0, 0.1) is 12.8 Å². The number of piperidine rings is 1. The van der Waals surface area contributed by atoms with E-state index in [0.717, 1.165) is 18.4 Å². The third-order valence-electron chi connectivity index (χ3n) is 7.66. The van der Waals surface area contributed by atoms with Gasteiger partial charge in [0.1, 0.15) is 30.0 Å². The molecular weight excluding hydrogens is 558 g/mol. The molecule has 1 aromatic carbocycles. The molecule has 2 fully saturated rings. The van der Waals surface area contributed by atoms with Gasteiger partial charge in [-0.15, -0.1) is 0 Å². The number of anilines is 2. The number of likely N-dealkylation sites (tertiary alicyclic amines) is 1. The fourth-order valence-electron chi connectivity index (χ4n) is 5.14. The number of halogens is 2. The monoisotopic (exact) mass is 588 g/mol. The normalized spacial score (nSPS) is 18.6. The van der Waals surface area contributed by atoms with Crippen molar-refractivity contribution in [2.75, 3.05) is 32.1 Å². The Morgan fingerprint density at radius 1 is 1.05 bits per heavy atom. The average molecular weight is 589 g/mol. The number of hydrogen-bond donors (Lipinski definition) is 1. The minimum Gasteiger partial charge on any atom is -0.478 e. The lowest BCUT2D eigenvalue weighted by molar-refractivity contribution is -0.135. The van der Waals surface area contributed by atoms with Crippen LogP contribution in [0.5, 0.6) is 23.1 Å². The van der Waals surface area contributed by atoms with E-state index in [1.165, 1.54) is 12.7 Å².